The number of hydrogen-bond donors (Lipinski definition) is 1. The fourth-order valence-electron chi connectivity index (χ4n) is 5.05. The number of nitrogens with one attached hydrogen (secondary N) is 1. The zero-order valence-corrected chi connectivity index (χ0v) is 14.2. The van der Waals surface area contributed by atoms with Gasteiger partial charge in [-0.05, 0) is 54.7 Å². The van der Waals surface area contributed by atoms with Crippen LogP contribution in [0.25, 0.3) is 0 Å². The van der Waals surface area contributed by atoms with Gasteiger partial charge in [-0.2, -0.15) is 0 Å². The summed E-state index contributed by atoms with van der Waals surface area (Å²) in [6.07, 6.45) is 5.58. The van der Waals surface area contributed by atoms with E-state index < -0.39 is 0 Å². The molecule has 1 aromatic carbocycles. The summed E-state index contributed by atoms with van der Waals surface area (Å²) in [5.74, 6) is 1.59. The molecular weight excluding hydrogens is 324 g/mol. The summed E-state index contributed by atoms with van der Waals surface area (Å²) in [5, 5.41) is 3.85. The van der Waals surface area contributed by atoms with Crippen LogP contribution in [0.1, 0.15) is 12.0 Å². The molecule has 0 spiro atoms. The number of amides is 2. The molecule has 5 aliphatic rings. The van der Waals surface area contributed by atoms with Gasteiger partial charge in [-0.3, -0.25) is 14.5 Å². The van der Waals surface area contributed by atoms with Crippen LogP contribution >= 0.6 is 11.6 Å². The number of anilines is 1. The number of imide groups is 1. The minimum Gasteiger partial charge on any atom is -0.367 e. The minimum atomic E-state index is -0.125. The predicted octanol–water partition coefficient (Wildman–Crippen LogP) is 3.07. The van der Waals surface area contributed by atoms with Crippen LogP contribution < -0.4 is 5.32 Å². The van der Waals surface area contributed by atoms with Gasteiger partial charge in [0.2, 0.25) is 11.8 Å². The molecule has 2 saturated carbocycles. The summed E-state index contributed by atoms with van der Waals surface area (Å²) < 4.78 is 0. The molecule has 5 heteroatoms. The number of carbonyl (C=O) groups is 2. The van der Waals surface area contributed by atoms with Crippen molar-refractivity contribution in [3.63, 3.8) is 0 Å². The highest BCUT2D eigenvalue weighted by Crippen LogP contribution is 2.65. The first-order valence-electron chi connectivity index (χ1n) is 8.60. The summed E-state index contributed by atoms with van der Waals surface area (Å²) in [4.78, 5) is 27.1. The lowest BCUT2D eigenvalue weighted by molar-refractivity contribution is -0.139. The van der Waals surface area contributed by atoms with E-state index in [9.17, 15) is 9.59 Å². The van der Waals surface area contributed by atoms with Crippen LogP contribution in [0.4, 0.5) is 5.69 Å². The summed E-state index contributed by atoms with van der Waals surface area (Å²) >= 11 is 6.14. The molecule has 2 amide bonds. The average molecular weight is 343 g/mol. The zero-order chi connectivity index (χ0) is 16.6. The number of nitrogens with zero attached hydrogens (tertiary/aromatic N) is 1. The molecule has 1 N–H and O–H groups in total. The molecule has 124 valence electrons. The van der Waals surface area contributed by atoms with Crippen molar-refractivity contribution in [2.45, 2.75) is 13.3 Å². The highest BCUT2D eigenvalue weighted by Gasteiger charge is 2.66. The van der Waals surface area contributed by atoms with Gasteiger partial charge in [0, 0.05) is 10.7 Å². The van der Waals surface area contributed by atoms with Crippen LogP contribution in [0, 0.1) is 42.4 Å². The lowest BCUT2D eigenvalue weighted by Crippen LogP contribution is -2.40. The Balaban J connectivity index is 1.36. The van der Waals surface area contributed by atoms with Crippen molar-refractivity contribution in [3.05, 3.63) is 40.9 Å². The van der Waals surface area contributed by atoms with Gasteiger partial charge in [-0.1, -0.05) is 29.8 Å². The van der Waals surface area contributed by atoms with E-state index in [1.165, 1.54) is 11.3 Å². The number of carbonyl (C=O) groups excluding carboxylic acids is 2. The largest absolute Gasteiger partial charge is 0.367 e. The predicted molar refractivity (Wildman–Crippen MR) is 91.2 cm³/mol. The molecule has 1 heterocycles. The molecule has 6 atom stereocenters. The first kappa shape index (κ1) is 14.5. The topological polar surface area (TPSA) is 49.4 Å². The van der Waals surface area contributed by atoms with E-state index in [1.807, 2.05) is 25.1 Å². The van der Waals surface area contributed by atoms with E-state index in [0.29, 0.717) is 16.9 Å². The van der Waals surface area contributed by atoms with Gasteiger partial charge >= 0.3 is 0 Å². The van der Waals surface area contributed by atoms with Gasteiger partial charge in [-0.15, -0.1) is 0 Å². The molecule has 4 nitrogen and oxygen atoms in total. The number of allylic oxidation sites excluding steroid dienone is 2. The number of hydrogen-bond acceptors (Lipinski definition) is 3. The van der Waals surface area contributed by atoms with Crippen LogP contribution in [0.3, 0.4) is 0 Å². The Bertz CT molecular complexity index is 754. The molecule has 1 aromatic rings. The van der Waals surface area contributed by atoms with Gasteiger partial charge < -0.3 is 5.32 Å². The van der Waals surface area contributed by atoms with Crippen molar-refractivity contribution < 1.29 is 9.59 Å². The van der Waals surface area contributed by atoms with Crippen molar-refractivity contribution in [3.8, 4) is 0 Å². The molecule has 0 unspecified atom stereocenters. The highest BCUT2D eigenvalue weighted by atomic mass is 35.5. The molecule has 1 aliphatic heterocycles. The standard InChI is InChI=1S/C19H19ClN2O2/c1-9-2-3-10(6-15(9)20)21-8-22-18(23)16-11-4-5-12(14-7-13(11)14)17(16)19(22)24/h2-6,11-14,16-17,21H,7-8H2,1H3/t11-,12-,13-,14-,16+,17+/m0/s1. The van der Waals surface area contributed by atoms with E-state index in [-0.39, 0.29) is 42.2 Å². The Morgan fingerprint density at radius 2 is 1.75 bits per heavy atom. The zero-order valence-electron chi connectivity index (χ0n) is 13.4. The van der Waals surface area contributed by atoms with Crippen LogP contribution in [-0.4, -0.2) is 23.4 Å². The Labute approximate surface area is 145 Å². The van der Waals surface area contributed by atoms with Crippen molar-refractivity contribution in [2.75, 3.05) is 12.0 Å². The number of halogens is 1. The lowest BCUT2D eigenvalue weighted by Gasteiger charge is -2.37. The molecule has 3 fully saturated rings. The molecule has 0 radical (unpaired) electrons. The van der Waals surface area contributed by atoms with Crippen LogP contribution in [0.15, 0.2) is 30.4 Å². The first-order valence-corrected chi connectivity index (χ1v) is 8.97. The van der Waals surface area contributed by atoms with Gasteiger partial charge in [0.1, 0.15) is 0 Å². The van der Waals surface area contributed by atoms with Gasteiger partial charge in [0.05, 0.1) is 18.5 Å². The monoisotopic (exact) mass is 342 g/mol. The van der Waals surface area contributed by atoms with E-state index in [4.69, 9.17) is 11.6 Å². The second-order valence-corrected chi connectivity index (χ2v) is 7.97. The molecule has 4 aliphatic carbocycles. The average Bonchev–Trinajstić information content (AvgIpc) is 3.35. The van der Waals surface area contributed by atoms with Crippen molar-refractivity contribution in [1.82, 2.24) is 4.90 Å². The molecule has 0 aromatic heterocycles. The number of benzene rings is 1. The van der Waals surface area contributed by atoms with Crippen molar-refractivity contribution in [2.24, 2.45) is 35.5 Å². The van der Waals surface area contributed by atoms with E-state index in [0.717, 1.165) is 11.3 Å². The van der Waals surface area contributed by atoms with E-state index >= 15 is 0 Å². The fraction of sp³-hybridized carbons (Fsp3) is 0.474. The Morgan fingerprint density at radius 3 is 2.33 bits per heavy atom. The van der Waals surface area contributed by atoms with Crippen molar-refractivity contribution >= 4 is 29.1 Å². The Hall–Kier alpha value is -1.81. The summed E-state index contributed by atoms with van der Waals surface area (Å²) in [6.45, 7) is 2.16. The first-order chi connectivity index (χ1) is 11.6. The highest BCUT2D eigenvalue weighted by molar-refractivity contribution is 6.31. The van der Waals surface area contributed by atoms with Crippen molar-refractivity contribution in [1.29, 1.82) is 0 Å². The maximum atomic E-state index is 12.9. The second-order valence-electron chi connectivity index (χ2n) is 7.56. The summed E-state index contributed by atoms with van der Waals surface area (Å²) in [7, 11) is 0. The summed E-state index contributed by atoms with van der Waals surface area (Å²) in [5.41, 5.74) is 1.83. The van der Waals surface area contributed by atoms with E-state index in [1.54, 1.807) is 0 Å². The smallest absolute Gasteiger partial charge is 0.235 e. The van der Waals surface area contributed by atoms with Crippen LogP contribution in [-0.2, 0) is 9.59 Å². The molecule has 1 saturated heterocycles. The number of aryl methyl sites for hydroxylation is 1. The molecule has 6 rings (SSSR count). The van der Waals surface area contributed by atoms with Gasteiger partial charge in [0.15, 0.2) is 0 Å². The normalized spacial score (nSPS) is 38.3. The molecule has 24 heavy (non-hydrogen) atoms. The summed E-state index contributed by atoms with van der Waals surface area (Å²) in [6, 6.07) is 5.67. The maximum absolute atomic E-state index is 12.9. The third-order valence-electron chi connectivity index (χ3n) is 6.37. The van der Waals surface area contributed by atoms with Crippen LogP contribution in [0.5, 0.6) is 0 Å². The SMILES string of the molecule is Cc1ccc(NCN2C(=O)[C@@H]3[C@H]4C=C[C@@H]([C@@H]5C[C@@H]45)[C@H]3C2=O)cc1Cl. The maximum Gasteiger partial charge on any atom is 0.235 e. The second kappa shape index (κ2) is 4.85. The Morgan fingerprint density at radius 1 is 1.12 bits per heavy atom. The molecule has 2 bridgehead atoms. The Kier molecular flexibility index (Phi) is 2.94. The third kappa shape index (κ3) is 1.86. The third-order valence-corrected chi connectivity index (χ3v) is 6.77. The van der Waals surface area contributed by atoms with Gasteiger partial charge in [0.25, 0.3) is 0 Å². The van der Waals surface area contributed by atoms with Crippen LogP contribution in [0.2, 0.25) is 5.02 Å². The quantitative estimate of drug-likeness (QED) is 0.678. The number of rotatable bonds is 3. The lowest BCUT2D eigenvalue weighted by atomic mass is 9.63. The fourth-order valence-corrected chi connectivity index (χ4v) is 5.23. The molecular formula is C19H19ClN2O2. The van der Waals surface area contributed by atoms with E-state index in [2.05, 4.69) is 17.5 Å². The number of likely N-dealkylation sites (tertiary alicyclic amines) is 1. The van der Waals surface area contributed by atoms with Gasteiger partial charge in [-0.25, -0.2) is 0 Å². The minimum absolute atomic E-state index is 0.000378.